The summed E-state index contributed by atoms with van der Waals surface area (Å²) in [6, 6.07) is 6.79. The summed E-state index contributed by atoms with van der Waals surface area (Å²) in [7, 11) is 1.61. The summed E-state index contributed by atoms with van der Waals surface area (Å²) in [6.45, 7) is 1.73. The highest BCUT2D eigenvalue weighted by atomic mass is 32.2. The van der Waals surface area contributed by atoms with E-state index in [0.717, 1.165) is 11.3 Å². The molecule has 1 rings (SSSR count). The van der Waals surface area contributed by atoms with Gasteiger partial charge in [0.05, 0.1) is 12.4 Å². The fraction of sp³-hybridized carbons (Fsp3) is 0.333. The summed E-state index contributed by atoms with van der Waals surface area (Å²) < 4.78 is 5.11. The van der Waals surface area contributed by atoms with Crippen molar-refractivity contribution >= 4 is 23.7 Å². The molecule has 0 saturated heterocycles. The van der Waals surface area contributed by atoms with Gasteiger partial charge < -0.3 is 10.5 Å². The highest BCUT2D eigenvalue weighted by Gasteiger charge is 2.14. The zero-order valence-corrected chi connectivity index (χ0v) is 11.1. The number of hydrogen-bond donors (Lipinski definition) is 2. The fourth-order valence-corrected chi connectivity index (χ4v) is 2.11. The Morgan fingerprint density at radius 1 is 1.50 bits per heavy atom. The van der Waals surface area contributed by atoms with E-state index in [1.165, 1.54) is 11.8 Å². The van der Waals surface area contributed by atoms with Gasteiger partial charge in [-0.05, 0) is 24.6 Å². The Kier molecular flexibility index (Phi) is 5.51. The van der Waals surface area contributed by atoms with Crippen LogP contribution in [-0.4, -0.2) is 24.3 Å². The minimum absolute atomic E-state index is 0.344. The number of hydrogen-bond acceptors (Lipinski definition) is 4. The van der Waals surface area contributed by atoms with Crippen LogP contribution in [0, 0.1) is 0 Å². The van der Waals surface area contributed by atoms with Gasteiger partial charge in [0.2, 0.25) is 5.91 Å². The Morgan fingerprint density at radius 2 is 2.22 bits per heavy atom. The summed E-state index contributed by atoms with van der Waals surface area (Å²) in [5, 5.41) is 1.71. The topological polar surface area (TPSA) is 81.4 Å². The van der Waals surface area contributed by atoms with E-state index in [0.29, 0.717) is 5.75 Å². The number of primary amides is 1. The van der Waals surface area contributed by atoms with Crippen molar-refractivity contribution < 1.29 is 14.3 Å². The first-order valence-corrected chi connectivity index (χ1v) is 6.42. The van der Waals surface area contributed by atoms with E-state index in [2.05, 4.69) is 5.32 Å². The number of carbonyl (C=O) groups excluding carboxylic acids is 2. The average Bonchev–Trinajstić information content (AvgIpc) is 2.35. The molecule has 18 heavy (non-hydrogen) atoms. The monoisotopic (exact) mass is 268 g/mol. The Balaban J connectivity index is 2.48. The van der Waals surface area contributed by atoms with Gasteiger partial charge in [-0.25, -0.2) is 4.79 Å². The lowest BCUT2D eigenvalue weighted by molar-refractivity contribution is -0.119. The Labute approximate surface area is 110 Å². The first-order chi connectivity index (χ1) is 8.52. The number of nitrogens with two attached hydrogens (primary N) is 1. The molecule has 0 unspecified atom stereocenters. The molecule has 0 saturated carbocycles. The van der Waals surface area contributed by atoms with Crippen molar-refractivity contribution in [3.05, 3.63) is 29.8 Å². The van der Waals surface area contributed by atoms with Crippen molar-refractivity contribution in [1.29, 1.82) is 0 Å². The number of imide groups is 1. The molecule has 98 valence electrons. The SMILES string of the molecule is COc1cccc(CS[C@@H](C)C(=O)NC(N)=O)c1. The number of methoxy groups -OCH3 is 1. The Morgan fingerprint density at radius 3 is 2.83 bits per heavy atom. The van der Waals surface area contributed by atoms with Crippen LogP contribution >= 0.6 is 11.8 Å². The molecule has 5 nitrogen and oxygen atoms in total. The van der Waals surface area contributed by atoms with E-state index in [1.807, 2.05) is 24.3 Å². The molecule has 1 aromatic carbocycles. The number of carbonyl (C=O) groups is 2. The standard InChI is InChI=1S/C12H16N2O3S/c1-8(11(15)14-12(13)16)18-7-9-4-3-5-10(6-9)17-2/h3-6,8H,7H2,1-2H3,(H3,13,14,15,16)/t8-/m0/s1. The second kappa shape index (κ2) is 6.90. The maximum absolute atomic E-state index is 11.4. The largest absolute Gasteiger partial charge is 0.497 e. The third-order valence-electron chi connectivity index (χ3n) is 2.25. The van der Waals surface area contributed by atoms with E-state index in [9.17, 15) is 9.59 Å². The van der Waals surface area contributed by atoms with Crippen molar-refractivity contribution in [3.63, 3.8) is 0 Å². The molecule has 0 aliphatic carbocycles. The molecule has 0 radical (unpaired) electrons. The molecule has 0 heterocycles. The molecule has 1 aromatic rings. The predicted octanol–water partition coefficient (Wildman–Crippen LogP) is 1.51. The van der Waals surface area contributed by atoms with Gasteiger partial charge in [-0.15, -0.1) is 11.8 Å². The highest BCUT2D eigenvalue weighted by molar-refractivity contribution is 7.99. The molecular weight excluding hydrogens is 252 g/mol. The van der Waals surface area contributed by atoms with Crippen molar-refractivity contribution in [2.45, 2.75) is 17.9 Å². The van der Waals surface area contributed by atoms with Crippen molar-refractivity contribution in [2.24, 2.45) is 5.73 Å². The lowest BCUT2D eigenvalue weighted by Gasteiger charge is -2.10. The van der Waals surface area contributed by atoms with Crippen LogP contribution in [0.4, 0.5) is 4.79 Å². The number of urea groups is 1. The van der Waals surface area contributed by atoms with Gasteiger partial charge in [-0.3, -0.25) is 10.1 Å². The number of amides is 3. The quantitative estimate of drug-likeness (QED) is 0.848. The molecule has 3 N–H and O–H groups in total. The van der Waals surface area contributed by atoms with Crippen LogP contribution in [0.15, 0.2) is 24.3 Å². The smallest absolute Gasteiger partial charge is 0.318 e. The van der Waals surface area contributed by atoms with E-state index < -0.39 is 6.03 Å². The minimum Gasteiger partial charge on any atom is -0.497 e. The van der Waals surface area contributed by atoms with E-state index in [1.54, 1.807) is 14.0 Å². The maximum atomic E-state index is 11.4. The molecule has 0 fully saturated rings. The number of nitrogens with one attached hydrogen (secondary N) is 1. The zero-order valence-electron chi connectivity index (χ0n) is 10.3. The normalized spacial score (nSPS) is 11.7. The molecule has 0 spiro atoms. The van der Waals surface area contributed by atoms with Gasteiger partial charge in [0, 0.05) is 5.75 Å². The van der Waals surface area contributed by atoms with Gasteiger partial charge in [-0.2, -0.15) is 0 Å². The first-order valence-electron chi connectivity index (χ1n) is 5.37. The average molecular weight is 268 g/mol. The first kappa shape index (κ1) is 14.4. The van der Waals surface area contributed by atoms with Crippen LogP contribution in [0.25, 0.3) is 0 Å². The number of benzene rings is 1. The molecule has 0 aliphatic rings. The van der Waals surface area contributed by atoms with Crippen LogP contribution in [0.1, 0.15) is 12.5 Å². The second-order valence-corrected chi connectivity index (χ2v) is 4.99. The summed E-state index contributed by atoms with van der Waals surface area (Å²) in [5.74, 6) is 1.06. The third kappa shape index (κ3) is 4.67. The van der Waals surface area contributed by atoms with Gasteiger partial charge in [-0.1, -0.05) is 12.1 Å². The van der Waals surface area contributed by atoms with Crippen LogP contribution < -0.4 is 15.8 Å². The second-order valence-electron chi connectivity index (χ2n) is 3.66. The summed E-state index contributed by atoms with van der Waals surface area (Å²) in [6.07, 6.45) is 0. The molecular formula is C12H16N2O3S. The van der Waals surface area contributed by atoms with Crippen LogP contribution in [0.5, 0.6) is 5.75 Å². The number of rotatable bonds is 5. The van der Waals surface area contributed by atoms with Gasteiger partial charge >= 0.3 is 6.03 Å². The van der Waals surface area contributed by atoms with E-state index in [-0.39, 0.29) is 11.2 Å². The third-order valence-corrected chi connectivity index (χ3v) is 3.46. The van der Waals surface area contributed by atoms with Crippen LogP contribution in [-0.2, 0) is 10.5 Å². The lowest BCUT2D eigenvalue weighted by atomic mass is 10.2. The minimum atomic E-state index is -0.825. The number of ether oxygens (including phenoxy) is 1. The van der Waals surface area contributed by atoms with Crippen LogP contribution in [0.2, 0.25) is 0 Å². The van der Waals surface area contributed by atoms with E-state index >= 15 is 0 Å². The summed E-state index contributed by atoms with van der Waals surface area (Å²) in [4.78, 5) is 22.0. The molecule has 3 amide bonds. The molecule has 0 bridgehead atoms. The zero-order chi connectivity index (χ0) is 13.5. The summed E-state index contributed by atoms with van der Waals surface area (Å²) in [5.41, 5.74) is 5.93. The Bertz CT molecular complexity index is 437. The van der Waals surface area contributed by atoms with Crippen molar-refractivity contribution in [1.82, 2.24) is 5.32 Å². The van der Waals surface area contributed by atoms with E-state index in [4.69, 9.17) is 10.5 Å². The molecule has 6 heteroatoms. The van der Waals surface area contributed by atoms with Crippen LogP contribution in [0.3, 0.4) is 0 Å². The maximum Gasteiger partial charge on any atom is 0.318 e. The fourth-order valence-electron chi connectivity index (χ4n) is 1.28. The number of thioether (sulfide) groups is 1. The highest BCUT2D eigenvalue weighted by Crippen LogP contribution is 2.20. The van der Waals surface area contributed by atoms with Gasteiger partial charge in [0.25, 0.3) is 0 Å². The Hall–Kier alpha value is -1.69. The van der Waals surface area contributed by atoms with Crippen molar-refractivity contribution in [3.8, 4) is 5.75 Å². The molecule has 1 atom stereocenters. The predicted molar refractivity (Wildman–Crippen MR) is 71.5 cm³/mol. The van der Waals surface area contributed by atoms with Gasteiger partial charge in [0.1, 0.15) is 5.75 Å². The summed E-state index contributed by atoms with van der Waals surface area (Å²) >= 11 is 1.42. The molecule has 0 aromatic heterocycles. The van der Waals surface area contributed by atoms with Crippen molar-refractivity contribution in [2.75, 3.05) is 7.11 Å². The molecule has 0 aliphatic heterocycles. The lowest BCUT2D eigenvalue weighted by Crippen LogP contribution is -2.39. The van der Waals surface area contributed by atoms with Gasteiger partial charge in [0.15, 0.2) is 0 Å².